The summed E-state index contributed by atoms with van der Waals surface area (Å²) in [7, 11) is 0. The van der Waals surface area contributed by atoms with Crippen LogP contribution in [0.1, 0.15) is 20.9 Å². The van der Waals surface area contributed by atoms with E-state index in [0.717, 1.165) is 0 Å². The minimum Gasteiger partial charge on any atom is -0.472 e. The summed E-state index contributed by atoms with van der Waals surface area (Å²) < 4.78 is 0. The molecule has 1 rings (SSSR count). The number of rotatable bonds is 1. The molecule has 0 atom stereocenters. The van der Waals surface area contributed by atoms with Gasteiger partial charge in [0.1, 0.15) is 6.07 Å². The highest BCUT2D eigenvalue weighted by Gasteiger charge is 2.13. The van der Waals surface area contributed by atoms with Gasteiger partial charge in [0.15, 0.2) is 0 Å². The molecular weight excluding hydrogens is 266 g/mol. The monoisotopic (exact) mass is 273 g/mol. The molecule has 94 valence electrons. The van der Waals surface area contributed by atoms with E-state index in [1.54, 1.807) is 6.92 Å². The number of carbonyl (C=O) groups is 2. The average molecular weight is 273 g/mol. The lowest BCUT2D eigenvalue weighted by molar-refractivity contribution is -0.131. The van der Waals surface area contributed by atoms with Crippen LogP contribution in [0, 0.1) is 41.9 Å². The minimum atomic E-state index is -1.27. The number of nitrogens with zero attached hydrogens (tertiary/aromatic N) is 1. The molecule has 0 spiro atoms. The predicted octanol–water partition coefficient (Wildman–Crippen LogP) is 0.995. The maximum atomic E-state index is 10.4. The van der Waals surface area contributed by atoms with Crippen LogP contribution < -0.4 is 0 Å². The zero-order valence-corrected chi connectivity index (χ0v) is 10.6. The number of aliphatic carboxylic acids is 2. The fourth-order valence-corrected chi connectivity index (χ4v) is 2.30. The molecule has 1 aromatic rings. The Morgan fingerprint density at radius 3 is 2.42 bits per heavy atom. The molecule has 19 heavy (non-hydrogen) atoms. The zero-order chi connectivity index (χ0) is 14.4. The SMILES string of the molecule is Cc1sc(C#CC(=O)O)c(CC#CC(=O)O)c1C#N. The summed E-state index contributed by atoms with van der Waals surface area (Å²) in [5.74, 6) is 6.24. The maximum Gasteiger partial charge on any atom is 0.382 e. The van der Waals surface area contributed by atoms with Gasteiger partial charge in [0.25, 0.3) is 0 Å². The van der Waals surface area contributed by atoms with Gasteiger partial charge in [-0.3, -0.25) is 0 Å². The van der Waals surface area contributed by atoms with Crippen LogP contribution in [-0.4, -0.2) is 22.2 Å². The molecule has 0 aliphatic heterocycles. The Morgan fingerprint density at radius 1 is 1.26 bits per heavy atom. The third-order valence-electron chi connectivity index (χ3n) is 2.04. The fraction of sp³-hybridized carbons (Fsp3) is 0.154. The standard InChI is InChI=1S/C13H7NO4S/c1-8-10(7-14)9(3-2-4-12(15)16)11(19-8)5-6-13(17)18/h3H2,1H3,(H,15,16)(H,17,18). The predicted molar refractivity (Wildman–Crippen MR) is 67.4 cm³/mol. The third-order valence-corrected chi connectivity index (χ3v) is 3.10. The second kappa shape index (κ2) is 6.26. The second-order valence-electron chi connectivity index (χ2n) is 3.29. The van der Waals surface area contributed by atoms with Gasteiger partial charge in [-0.05, 0) is 12.8 Å². The van der Waals surface area contributed by atoms with E-state index in [0.29, 0.717) is 20.9 Å². The molecule has 0 unspecified atom stereocenters. The van der Waals surface area contributed by atoms with Crippen molar-refractivity contribution in [1.29, 1.82) is 5.26 Å². The molecule has 0 saturated carbocycles. The highest BCUT2D eigenvalue weighted by Crippen LogP contribution is 2.27. The van der Waals surface area contributed by atoms with Crippen LogP contribution in [0.25, 0.3) is 0 Å². The lowest BCUT2D eigenvalue weighted by Gasteiger charge is -1.92. The topological polar surface area (TPSA) is 98.4 Å². The Morgan fingerprint density at radius 2 is 1.89 bits per heavy atom. The molecular formula is C13H7NO4S. The smallest absolute Gasteiger partial charge is 0.382 e. The van der Waals surface area contributed by atoms with E-state index in [1.165, 1.54) is 11.3 Å². The molecule has 0 aliphatic carbocycles. The summed E-state index contributed by atoms with van der Waals surface area (Å²) in [4.78, 5) is 21.8. The Bertz CT molecular complexity index is 701. The lowest BCUT2D eigenvalue weighted by atomic mass is 10.1. The van der Waals surface area contributed by atoms with Crippen molar-refractivity contribution in [2.24, 2.45) is 0 Å². The molecule has 6 heteroatoms. The number of aryl methyl sites for hydroxylation is 1. The van der Waals surface area contributed by atoms with Gasteiger partial charge in [-0.15, -0.1) is 11.3 Å². The summed E-state index contributed by atoms with van der Waals surface area (Å²) in [5.41, 5.74) is 0.854. The van der Waals surface area contributed by atoms with Crippen molar-refractivity contribution in [3.05, 3.63) is 20.9 Å². The summed E-state index contributed by atoms with van der Waals surface area (Å²) in [6.07, 6.45) is 0.0448. The molecule has 0 aromatic carbocycles. The first-order valence-corrected chi connectivity index (χ1v) is 5.76. The number of carboxylic acids is 2. The Kier molecular flexibility index (Phi) is 4.71. The number of carboxylic acid groups (broad SMARTS) is 2. The van der Waals surface area contributed by atoms with Crippen molar-refractivity contribution < 1.29 is 19.8 Å². The highest BCUT2D eigenvalue weighted by molar-refractivity contribution is 7.12. The summed E-state index contributed by atoms with van der Waals surface area (Å²) in [6, 6.07) is 1.99. The molecule has 0 bridgehead atoms. The molecule has 1 aromatic heterocycles. The molecule has 2 N–H and O–H groups in total. The van der Waals surface area contributed by atoms with Crippen LogP contribution in [0.5, 0.6) is 0 Å². The van der Waals surface area contributed by atoms with Gasteiger partial charge in [0.2, 0.25) is 0 Å². The van der Waals surface area contributed by atoms with Crippen LogP contribution in [0.2, 0.25) is 0 Å². The number of thiophene rings is 1. The molecule has 5 nitrogen and oxygen atoms in total. The first kappa shape index (κ1) is 14.3. The molecule has 0 aliphatic rings. The third kappa shape index (κ3) is 3.89. The molecule has 0 radical (unpaired) electrons. The number of hydrogen-bond acceptors (Lipinski definition) is 4. The van der Waals surface area contributed by atoms with E-state index in [1.807, 2.05) is 17.9 Å². The van der Waals surface area contributed by atoms with Gasteiger partial charge in [-0.1, -0.05) is 5.92 Å². The molecule has 0 fully saturated rings. The van der Waals surface area contributed by atoms with E-state index < -0.39 is 11.9 Å². The quantitative estimate of drug-likeness (QED) is 0.744. The van der Waals surface area contributed by atoms with Crippen molar-refractivity contribution in [2.75, 3.05) is 0 Å². The van der Waals surface area contributed by atoms with Crippen LogP contribution in [0.15, 0.2) is 0 Å². The van der Waals surface area contributed by atoms with Crippen molar-refractivity contribution in [3.63, 3.8) is 0 Å². The average Bonchev–Trinajstić information content (AvgIpc) is 2.62. The van der Waals surface area contributed by atoms with Gasteiger partial charge in [-0.2, -0.15) is 5.26 Å². The largest absolute Gasteiger partial charge is 0.472 e. The van der Waals surface area contributed by atoms with Gasteiger partial charge in [0, 0.05) is 28.7 Å². The lowest BCUT2D eigenvalue weighted by Crippen LogP contribution is -1.92. The van der Waals surface area contributed by atoms with E-state index in [9.17, 15) is 9.59 Å². The zero-order valence-electron chi connectivity index (χ0n) is 9.77. The molecule has 1 heterocycles. The Hall–Kier alpha value is -2.75. The first-order valence-electron chi connectivity index (χ1n) is 4.94. The van der Waals surface area contributed by atoms with Crippen molar-refractivity contribution in [1.82, 2.24) is 0 Å². The van der Waals surface area contributed by atoms with Crippen LogP contribution in [0.3, 0.4) is 0 Å². The fourth-order valence-electron chi connectivity index (χ4n) is 1.33. The summed E-state index contributed by atoms with van der Waals surface area (Å²) in [6.45, 7) is 1.71. The second-order valence-corrected chi connectivity index (χ2v) is 4.52. The van der Waals surface area contributed by atoms with Gasteiger partial charge >= 0.3 is 11.9 Å². The summed E-state index contributed by atoms with van der Waals surface area (Å²) >= 11 is 1.19. The Labute approximate surface area is 113 Å². The van der Waals surface area contributed by atoms with Crippen LogP contribution >= 0.6 is 11.3 Å². The van der Waals surface area contributed by atoms with Gasteiger partial charge in [-0.25, -0.2) is 9.59 Å². The van der Waals surface area contributed by atoms with Crippen molar-refractivity contribution in [3.8, 4) is 29.8 Å². The highest BCUT2D eigenvalue weighted by atomic mass is 32.1. The van der Waals surface area contributed by atoms with Crippen molar-refractivity contribution in [2.45, 2.75) is 13.3 Å². The van der Waals surface area contributed by atoms with Crippen LogP contribution in [0.4, 0.5) is 0 Å². The van der Waals surface area contributed by atoms with E-state index in [2.05, 4.69) is 11.8 Å². The normalized spacial score (nSPS) is 8.42. The minimum absolute atomic E-state index is 0.0448. The van der Waals surface area contributed by atoms with E-state index in [4.69, 9.17) is 15.5 Å². The number of hydrogen-bond donors (Lipinski definition) is 2. The van der Waals surface area contributed by atoms with Gasteiger partial charge in [0.05, 0.1) is 10.4 Å². The molecule has 0 amide bonds. The van der Waals surface area contributed by atoms with Gasteiger partial charge < -0.3 is 10.2 Å². The molecule has 0 saturated heterocycles. The summed E-state index contributed by atoms with van der Waals surface area (Å²) in [5, 5.41) is 26.0. The maximum absolute atomic E-state index is 10.4. The number of nitriles is 1. The Balaban J connectivity index is 3.24. The van der Waals surface area contributed by atoms with Crippen LogP contribution in [-0.2, 0) is 16.0 Å². The van der Waals surface area contributed by atoms with E-state index >= 15 is 0 Å². The van der Waals surface area contributed by atoms with E-state index in [-0.39, 0.29) is 6.42 Å². The first-order chi connectivity index (χ1) is 8.95. The van der Waals surface area contributed by atoms with Crippen molar-refractivity contribution >= 4 is 23.3 Å².